The highest BCUT2D eigenvalue weighted by atomic mass is 16.4. The summed E-state index contributed by atoms with van der Waals surface area (Å²) in [6.45, 7) is 2.15. The normalized spacial score (nSPS) is 13.0. The molecular weight excluding hydrogens is 296 g/mol. The molecule has 132 valence electrons. The van der Waals surface area contributed by atoms with Crippen LogP contribution >= 0.6 is 0 Å². The molecule has 0 spiro atoms. The van der Waals surface area contributed by atoms with E-state index in [4.69, 9.17) is 5.11 Å². The van der Waals surface area contributed by atoms with Crippen LogP contribution in [0.2, 0.25) is 0 Å². The van der Waals surface area contributed by atoms with Gasteiger partial charge in [-0.1, -0.05) is 79.8 Å². The Morgan fingerprint density at radius 1 is 0.625 bits per heavy atom. The van der Waals surface area contributed by atoms with E-state index in [1.165, 1.54) is 0 Å². The summed E-state index contributed by atoms with van der Waals surface area (Å²) in [6.07, 6.45) is 32.5. The molecule has 0 aliphatic heterocycles. The van der Waals surface area contributed by atoms with Crippen LogP contribution in [0.15, 0.2) is 72.9 Å². The molecule has 0 aromatic heterocycles. The lowest BCUT2D eigenvalue weighted by atomic mass is 10.2. The van der Waals surface area contributed by atoms with Gasteiger partial charge in [0.15, 0.2) is 0 Å². The summed E-state index contributed by atoms with van der Waals surface area (Å²) in [7, 11) is 0. The zero-order valence-electron chi connectivity index (χ0n) is 14.9. The molecule has 0 saturated carbocycles. The summed E-state index contributed by atoms with van der Waals surface area (Å²) < 4.78 is 0. The molecule has 0 unspecified atom stereocenters. The van der Waals surface area contributed by atoms with Crippen molar-refractivity contribution in [1.29, 1.82) is 0 Å². The average Bonchev–Trinajstić information content (AvgIpc) is 2.56. The van der Waals surface area contributed by atoms with E-state index in [2.05, 4.69) is 67.7 Å². The van der Waals surface area contributed by atoms with Gasteiger partial charge in [-0.25, -0.2) is 0 Å². The lowest BCUT2D eigenvalue weighted by Crippen LogP contribution is -1.91. The highest BCUT2D eigenvalue weighted by molar-refractivity contribution is 5.66. The Bertz CT molecular complexity index is 462. The highest BCUT2D eigenvalue weighted by Crippen LogP contribution is 1.97. The third-order valence-corrected chi connectivity index (χ3v) is 3.12. The van der Waals surface area contributed by atoms with Crippen LogP contribution in [0.4, 0.5) is 0 Å². The van der Waals surface area contributed by atoms with E-state index in [0.29, 0.717) is 6.42 Å². The van der Waals surface area contributed by atoms with Gasteiger partial charge in [-0.15, -0.1) is 0 Å². The molecule has 0 aromatic rings. The highest BCUT2D eigenvalue weighted by Gasteiger charge is 1.90. The summed E-state index contributed by atoms with van der Waals surface area (Å²) in [5.41, 5.74) is 0. The molecule has 24 heavy (non-hydrogen) atoms. The molecular formula is C22H32O2. The maximum atomic E-state index is 10.3. The Hall–Kier alpha value is -2.09. The van der Waals surface area contributed by atoms with Crippen LogP contribution in [0.3, 0.4) is 0 Å². The number of carbonyl (C=O) groups is 1. The third-order valence-electron chi connectivity index (χ3n) is 3.12. The number of aliphatic carboxylic acids is 1. The topological polar surface area (TPSA) is 37.3 Å². The van der Waals surface area contributed by atoms with Crippen molar-refractivity contribution in [2.75, 3.05) is 0 Å². The second-order valence-corrected chi connectivity index (χ2v) is 5.35. The Balaban J connectivity index is 3.51. The van der Waals surface area contributed by atoms with Gasteiger partial charge in [0.1, 0.15) is 0 Å². The summed E-state index contributed by atoms with van der Waals surface area (Å²) in [4.78, 5) is 10.3. The van der Waals surface area contributed by atoms with E-state index < -0.39 is 5.97 Å². The first-order valence-corrected chi connectivity index (χ1v) is 8.89. The summed E-state index contributed by atoms with van der Waals surface area (Å²) in [5, 5.41) is 8.49. The SMILES string of the molecule is CC/C=C/C/C=C\C/C=C/C/C=C/C/C=C/C/C=C\CCC(=O)O. The van der Waals surface area contributed by atoms with Crippen LogP contribution in [0.25, 0.3) is 0 Å². The van der Waals surface area contributed by atoms with E-state index in [-0.39, 0.29) is 6.42 Å². The van der Waals surface area contributed by atoms with Crippen molar-refractivity contribution >= 4 is 5.97 Å². The first-order chi connectivity index (χ1) is 11.8. The van der Waals surface area contributed by atoms with Gasteiger partial charge in [-0.3, -0.25) is 4.79 Å². The lowest BCUT2D eigenvalue weighted by molar-refractivity contribution is -0.136. The molecule has 0 aliphatic rings. The van der Waals surface area contributed by atoms with Crippen LogP contribution in [0.5, 0.6) is 0 Å². The van der Waals surface area contributed by atoms with Crippen molar-refractivity contribution in [1.82, 2.24) is 0 Å². The van der Waals surface area contributed by atoms with Gasteiger partial charge in [0.05, 0.1) is 0 Å². The Kier molecular flexibility index (Phi) is 17.3. The van der Waals surface area contributed by atoms with E-state index in [1.54, 1.807) is 0 Å². The smallest absolute Gasteiger partial charge is 0.303 e. The van der Waals surface area contributed by atoms with Gasteiger partial charge < -0.3 is 5.11 Å². The molecule has 0 rings (SSSR count). The molecule has 0 bridgehead atoms. The number of rotatable bonds is 14. The minimum Gasteiger partial charge on any atom is -0.481 e. The van der Waals surface area contributed by atoms with Crippen LogP contribution in [0, 0.1) is 0 Å². The fraction of sp³-hybridized carbons (Fsp3) is 0.409. The van der Waals surface area contributed by atoms with E-state index in [0.717, 1.165) is 38.5 Å². The van der Waals surface area contributed by atoms with Crippen molar-refractivity contribution in [3.8, 4) is 0 Å². The second-order valence-electron chi connectivity index (χ2n) is 5.35. The third kappa shape index (κ3) is 19.9. The number of hydrogen-bond acceptors (Lipinski definition) is 1. The van der Waals surface area contributed by atoms with Crippen LogP contribution in [0.1, 0.15) is 58.3 Å². The zero-order valence-corrected chi connectivity index (χ0v) is 14.9. The van der Waals surface area contributed by atoms with Crippen molar-refractivity contribution < 1.29 is 9.90 Å². The summed E-state index contributed by atoms with van der Waals surface area (Å²) in [5.74, 6) is -0.741. The van der Waals surface area contributed by atoms with E-state index in [9.17, 15) is 4.79 Å². The van der Waals surface area contributed by atoms with Crippen molar-refractivity contribution in [3.05, 3.63) is 72.9 Å². The first kappa shape index (κ1) is 21.9. The van der Waals surface area contributed by atoms with Gasteiger partial charge in [0, 0.05) is 6.42 Å². The minimum atomic E-state index is -0.741. The van der Waals surface area contributed by atoms with Crippen molar-refractivity contribution in [3.63, 3.8) is 0 Å². The predicted molar refractivity (Wildman–Crippen MR) is 105 cm³/mol. The molecule has 0 radical (unpaired) electrons. The quantitative estimate of drug-likeness (QED) is 0.367. The Labute approximate surface area is 147 Å². The summed E-state index contributed by atoms with van der Waals surface area (Å²) >= 11 is 0. The maximum absolute atomic E-state index is 10.3. The molecule has 2 heteroatoms. The molecule has 2 nitrogen and oxygen atoms in total. The predicted octanol–water partition coefficient (Wildman–Crippen LogP) is 6.55. The standard InChI is InChI=1S/C22H32O2/c1-2-3-4-5-6-7-8-9-10-11-12-13-14-15-16-17-18-19-20-21-22(23)24/h3-4,6-7,9-10,12-13,15-16,18-19H,2,5,8,11,14,17,20-21H2,1H3,(H,23,24)/b4-3+,7-6-,10-9+,13-12+,16-15+,19-18-. The first-order valence-electron chi connectivity index (χ1n) is 8.89. The van der Waals surface area contributed by atoms with Crippen molar-refractivity contribution in [2.45, 2.75) is 58.3 Å². The molecule has 0 aliphatic carbocycles. The average molecular weight is 328 g/mol. The second kappa shape index (κ2) is 19.0. The fourth-order valence-electron chi connectivity index (χ4n) is 1.85. The monoisotopic (exact) mass is 328 g/mol. The van der Waals surface area contributed by atoms with Gasteiger partial charge >= 0.3 is 5.97 Å². The fourth-order valence-corrected chi connectivity index (χ4v) is 1.85. The largest absolute Gasteiger partial charge is 0.481 e. The molecule has 0 fully saturated rings. The Morgan fingerprint density at radius 3 is 1.29 bits per heavy atom. The number of carboxylic acid groups (broad SMARTS) is 1. The van der Waals surface area contributed by atoms with Gasteiger partial charge in [-0.2, -0.15) is 0 Å². The van der Waals surface area contributed by atoms with Gasteiger partial charge in [-0.05, 0) is 44.9 Å². The maximum Gasteiger partial charge on any atom is 0.303 e. The lowest BCUT2D eigenvalue weighted by Gasteiger charge is -1.87. The Morgan fingerprint density at radius 2 is 0.958 bits per heavy atom. The summed E-state index contributed by atoms with van der Waals surface area (Å²) in [6, 6.07) is 0. The number of carboxylic acids is 1. The van der Waals surface area contributed by atoms with Crippen LogP contribution < -0.4 is 0 Å². The number of allylic oxidation sites excluding steroid dienone is 12. The van der Waals surface area contributed by atoms with E-state index >= 15 is 0 Å². The molecule has 0 heterocycles. The molecule has 0 atom stereocenters. The van der Waals surface area contributed by atoms with Crippen LogP contribution in [-0.4, -0.2) is 11.1 Å². The molecule has 0 amide bonds. The van der Waals surface area contributed by atoms with Crippen molar-refractivity contribution in [2.24, 2.45) is 0 Å². The molecule has 1 N–H and O–H groups in total. The molecule has 0 saturated heterocycles. The van der Waals surface area contributed by atoms with Crippen LogP contribution in [-0.2, 0) is 4.79 Å². The van der Waals surface area contributed by atoms with E-state index in [1.807, 2.05) is 12.2 Å². The van der Waals surface area contributed by atoms with Gasteiger partial charge in [0.2, 0.25) is 0 Å². The van der Waals surface area contributed by atoms with Gasteiger partial charge in [0.25, 0.3) is 0 Å². The number of hydrogen-bond donors (Lipinski definition) is 1. The minimum absolute atomic E-state index is 0.210. The zero-order chi connectivity index (χ0) is 17.7. The molecule has 0 aromatic carbocycles.